The number of halogens is 3. The van der Waals surface area contributed by atoms with E-state index in [1.54, 1.807) is 29.0 Å². The summed E-state index contributed by atoms with van der Waals surface area (Å²) in [4.78, 5) is 4.48. The largest absolute Gasteiger partial charge is 0.489 e. The molecule has 3 aromatic rings. The average molecular weight is 438 g/mol. The number of hydrogen-bond donors (Lipinski definition) is 1. The van der Waals surface area contributed by atoms with Crippen molar-refractivity contribution in [2.75, 3.05) is 0 Å². The summed E-state index contributed by atoms with van der Waals surface area (Å²) < 4.78 is 22.1. The number of aromatic nitrogens is 4. The minimum absolute atomic E-state index is 0. The smallest absolute Gasteiger partial charge is 0.187 e. The minimum Gasteiger partial charge on any atom is -0.489 e. The van der Waals surface area contributed by atoms with Crippen molar-refractivity contribution in [1.29, 1.82) is 0 Å². The van der Waals surface area contributed by atoms with Crippen LogP contribution >= 0.6 is 24.8 Å². The Morgan fingerprint density at radius 3 is 2.41 bits per heavy atom. The van der Waals surface area contributed by atoms with Crippen LogP contribution in [0.15, 0.2) is 42.6 Å². The molecule has 5 rings (SSSR count). The van der Waals surface area contributed by atoms with Crippen molar-refractivity contribution in [2.45, 2.75) is 43.7 Å². The van der Waals surface area contributed by atoms with Gasteiger partial charge in [0.15, 0.2) is 5.82 Å². The van der Waals surface area contributed by atoms with Crippen LogP contribution in [0.25, 0.3) is 17.2 Å². The summed E-state index contributed by atoms with van der Waals surface area (Å²) in [5.41, 5.74) is 7.00. The molecule has 154 valence electrons. The van der Waals surface area contributed by atoms with Crippen LogP contribution in [-0.2, 0) is 0 Å². The molecular weight excluding hydrogens is 416 g/mol. The fourth-order valence-electron chi connectivity index (χ4n) is 3.43. The highest BCUT2D eigenvalue weighted by molar-refractivity contribution is 5.85. The van der Waals surface area contributed by atoms with E-state index in [9.17, 15) is 4.39 Å². The van der Waals surface area contributed by atoms with Crippen molar-refractivity contribution in [3.05, 3.63) is 54.2 Å². The molecule has 9 heteroatoms. The molecule has 2 aromatic heterocycles. The first-order valence-corrected chi connectivity index (χ1v) is 9.28. The van der Waals surface area contributed by atoms with Gasteiger partial charge in [0.1, 0.15) is 23.1 Å². The molecule has 2 N–H and O–H groups in total. The number of rotatable bonds is 5. The summed E-state index contributed by atoms with van der Waals surface area (Å²) in [6.45, 7) is 0. The van der Waals surface area contributed by atoms with Gasteiger partial charge in [0, 0.05) is 12.0 Å². The quantitative estimate of drug-likeness (QED) is 0.650. The molecule has 2 fully saturated rings. The fourth-order valence-corrected chi connectivity index (χ4v) is 3.43. The van der Waals surface area contributed by atoms with Gasteiger partial charge in [0.2, 0.25) is 0 Å². The monoisotopic (exact) mass is 437 g/mol. The van der Waals surface area contributed by atoms with Crippen molar-refractivity contribution in [3.63, 3.8) is 0 Å². The normalized spacial score (nSPS) is 20.2. The lowest BCUT2D eigenvalue weighted by atomic mass is 9.80. The van der Waals surface area contributed by atoms with Crippen molar-refractivity contribution in [2.24, 2.45) is 5.73 Å². The Labute approximate surface area is 180 Å². The summed E-state index contributed by atoms with van der Waals surface area (Å²) in [5, 5.41) is 8.70. The van der Waals surface area contributed by atoms with E-state index in [1.807, 2.05) is 12.1 Å². The molecule has 0 spiro atoms. The number of nitrogens with two attached hydrogens (primary N) is 1. The molecule has 2 saturated carbocycles. The Hall–Kier alpha value is -2.22. The van der Waals surface area contributed by atoms with Gasteiger partial charge in [-0.2, -0.15) is 0 Å². The molecule has 2 heterocycles. The van der Waals surface area contributed by atoms with E-state index in [0.717, 1.165) is 37.3 Å². The second kappa shape index (κ2) is 8.65. The summed E-state index contributed by atoms with van der Waals surface area (Å²) >= 11 is 0. The number of benzene rings is 1. The van der Waals surface area contributed by atoms with E-state index >= 15 is 0 Å². The van der Waals surface area contributed by atoms with Gasteiger partial charge in [-0.15, -0.1) is 35.0 Å². The standard InChI is InChI=1S/C20H20FN5O.2ClH/c21-16-3-1-2-4-18(16)26-19(12-9-13(22)10-12)24-25-20(26)17-8-7-15(11-23-17)27-14-5-6-14;;/h1-4,7-8,11-14H,5-6,9-10,22H2;2*1H. The van der Waals surface area contributed by atoms with Gasteiger partial charge in [0.05, 0.1) is 18.0 Å². The van der Waals surface area contributed by atoms with Gasteiger partial charge < -0.3 is 10.5 Å². The summed E-state index contributed by atoms with van der Waals surface area (Å²) in [7, 11) is 0. The van der Waals surface area contributed by atoms with E-state index in [0.29, 0.717) is 23.3 Å². The Kier molecular flexibility index (Phi) is 6.41. The van der Waals surface area contributed by atoms with Crippen LogP contribution in [0.1, 0.15) is 37.4 Å². The third kappa shape index (κ3) is 4.22. The lowest BCUT2D eigenvalue weighted by molar-refractivity contribution is 0.302. The third-order valence-electron chi connectivity index (χ3n) is 5.11. The van der Waals surface area contributed by atoms with Crippen LogP contribution in [0, 0.1) is 5.82 Å². The molecule has 2 aliphatic carbocycles. The van der Waals surface area contributed by atoms with Crippen molar-refractivity contribution < 1.29 is 9.13 Å². The summed E-state index contributed by atoms with van der Waals surface area (Å²) in [6.07, 6.45) is 5.84. The highest BCUT2D eigenvalue weighted by Gasteiger charge is 2.33. The van der Waals surface area contributed by atoms with Crippen LogP contribution in [0.5, 0.6) is 5.75 Å². The number of para-hydroxylation sites is 1. The molecule has 2 aliphatic rings. The third-order valence-corrected chi connectivity index (χ3v) is 5.11. The maximum Gasteiger partial charge on any atom is 0.187 e. The molecule has 0 saturated heterocycles. The molecule has 0 radical (unpaired) electrons. The van der Waals surface area contributed by atoms with Crippen LogP contribution in [0.2, 0.25) is 0 Å². The predicted molar refractivity (Wildman–Crippen MR) is 113 cm³/mol. The van der Waals surface area contributed by atoms with Crippen molar-refractivity contribution in [3.8, 4) is 23.0 Å². The topological polar surface area (TPSA) is 78.8 Å². The Morgan fingerprint density at radius 1 is 1.03 bits per heavy atom. The predicted octanol–water partition coefficient (Wildman–Crippen LogP) is 4.06. The molecule has 0 unspecified atom stereocenters. The zero-order valence-corrected chi connectivity index (χ0v) is 17.2. The van der Waals surface area contributed by atoms with Crippen LogP contribution in [0.4, 0.5) is 4.39 Å². The number of nitrogens with zero attached hydrogens (tertiary/aromatic N) is 4. The van der Waals surface area contributed by atoms with Crippen molar-refractivity contribution >= 4 is 24.8 Å². The molecular formula is C20H22Cl2FN5O. The second-order valence-electron chi connectivity index (χ2n) is 7.29. The highest BCUT2D eigenvalue weighted by Crippen LogP contribution is 2.38. The van der Waals surface area contributed by atoms with Crippen LogP contribution in [-0.4, -0.2) is 31.9 Å². The number of ether oxygens (including phenoxy) is 1. The lowest BCUT2D eigenvalue weighted by Gasteiger charge is -2.31. The fraction of sp³-hybridized carbons (Fsp3) is 0.350. The van der Waals surface area contributed by atoms with Crippen LogP contribution in [0.3, 0.4) is 0 Å². The SMILES string of the molecule is Cl.Cl.NC1CC(c2nnc(-c3ccc(OC4CC4)cn3)n2-c2ccccc2F)C1. The molecule has 0 amide bonds. The molecule has 29 heavy (non-hydrogen) atoms. The second-order valence-corrected chi connectivity index (χ2v) is 7.29. The van der Waals surface area contributed by atoms with Gasteiger partial charge in [-0.1, -0.05) is 12.1 Å². The van der Waals surface area contributed by atoms with Gasteiger partial charge in [0.25, 0.3) is 0 Å². The number of pyridine rings is 1. The Bertz CT molecular complexity index is 971. The first-order chi connectivity index (χ1) is 13.2. The molecule has 0 atom stereocenters. The zero-order valence-electron chi connectivity index (χ0n) is 15.6. The minimum atomic E-state index is -0.322. The molecule has 1 aromatic carbocycles. The first kappa shape index (κ1) is 21.5. The molecule has 0 aliphatic heterocycles. The summed E-state index contributed by atoms with van der Waals surface area (Å²) in [6, 6.07) is 10.5. The first-order valence-electron chi connectivity index (χ1n) is 9.28. The zero-order chi connectivity index (χ0) is 18.4. The Morgan fingerprint density at radius 2 is 1.79 bits per heavy atom. The highest BCUT2D eigenvalue weighted by atomic mass is 35.5. The maximum atomic E-state index is 14.6. The van der Waals surface area contributed by atoms with E-state index in [1.165, 1.54) is 6.07 Å². The Balaban J connectivity index is 0.00000120. The summed E-state index contributed by atoms with van der Waals surface area (Å²) in [5.74, 6) is 1.85. The van der Waals surface area contributed by atoms with E-state index < -0.39 is 0 Å². The lowest BCUT2D eigenvalue weighted by Crippen LogP contribution is -2.36. The average Bonchev–Trinajstić information content (AvgIpc) is 3.36. The molecule has 6 nitrogen and oxygen atoms in total. The van der Waals surface area contributed by atoms with Crippen LogP contribution < -0.4 is 10.5 Å². The van der Waals surface area contributed by atoms with Gasteiger partial charge in [-0.05, 0) is 49.9 Å². The maximum absolute atomic E-state index is 14.6. The van der Waals surface area contributed by atoms with Gasteiger partial charge in [-0.25, -0.2) is 9.37 Å². The van der Waals surface area contributed by atoms with E-state index in [-0.39, 0.29) is 42.6 Å². The van der Waals surface area contributed by atoms with Gasteiger partial charge >= 0.3 is 0 Å². The number of hydrogen-bond acceptors (Lipinski definition) is 5. The van der Waals surface area contributed by atoms with E-state index in [2.05, 4.69) is 15.2 Å². The van der Waals surface area contributed by atoms with E-state index in [4.69, 9.17) is 10.5 Å². The van der Waals surface area contributed by atoms with Crippen molar-refractivity contribution in [1.82, 2.24) is 19.7 Å². The van der Waals surface area contributed by atoms with Gasteiger partial charge in [-0.3, -0.25) is 4.57 Å². The molecule has 0 bridgehead atoms.